The maximum Gasteiger partial charge on any atom is 0.404 e. The lowest BCUT2D eigenvalue weighted by Crippen LogP contribution is -2.54. The number of carbonyl (C=O) groups is 1. The molecule has 4 nitrogen and oxygen atoms in total. The van der Waals surface area contributed by atoms with Crippen molar-refractivity contribution in [1.82, 2.24) is 5.32 Å². The number of rotatable bonds is 2. The van der Waals surface area contributed by atoms with Crippen molar-refractivity contribution in [2.45, 2.75) is 6.92 Å². The van der Waals surface area contributed by atoms with Crippen LogP contribution in [0.4, 0.5) is 4.79 Å². The van der Waals surface area contributed by atoms with E-state index in [1.54, 1.807) is 0 Å². The van der Waals surface area contributed by atoms with E-state index in [9.17, 15) is 4.79 Å². The highest BCUT2D eigenvalue weighted by molar-refractivity contribution is 5.85. The van der Waals surface area contributed by atoms with E-state index < -0.39 is 6.09 Å². The number of ether oxygens (including phenoxy) is 1. The highest BCUT2D eigenvalue weighted by atomic mass is 35.5. The van der Waals surface area contributed by atoms with Crippen LogP contribution in [0.15, 0.2) is 0 Å². The summed E-state index contributed by atoms with van der Waals surface area (Å²) in [6.45, 7) is 4.28. The van der Waals surface area contributed by atoms with Gasteiger partial charge in [-0.15, -0.1) is 12.4 Å². The van der Waals surface area contributed by atoms with Gasteiger partial charge in [-0.2, -0.15) is 0 Å². The van der Waals surface area contributed by atoms with E-state index in [1.165, 1.54) is 0 Å². The Bertz CT molecular complexity index is 148. The lowest BCUT2D eigenvalue weighted by Gasteiger charge is -2.38. The van der Waals surface area contributed by atoms with E-state index >= 15 is 0 Å². The fraction of sp³-hybridized carbons (Fsp3) is 0.833. The second-order valence-electron chi connectivity index (χ2n) is 3.02. The van der Waals surface area contributed by atoms with Crippen molar-refractivity contribution in [2.75, 3.05) is 19.7 Å². The van der Waals surface area contributed by atoms with Gasteiger partial charge in [0.25, 0.3) is 0 Å². The first-order valence-corrected chi connectivity index (χ1v) is 3.25. The largest absolute Gasteiger partial charge is 0.449 e. The SMILES string of the molecule is CC1(COC(N)=O)CNC1.Cl. The average molecular weight is 181 g/mol. The standard InChI is InChI=1S/C6H12N2O2.ClH/c1-6(2-8-3-6)4-10-5(7)9;/h8H,2-4H2,1H3,(H2,7,9);1H. The van der Waals surface area contributed by atoms with E-state index in [0.717, 1.165) is 13.1 Å². The van der Waals surface area contributed by atoms with Crippen molar-refractivity contribution in [3.8, 4) is 0 Å². The first-order valence-electron chi connectivity index (χ1n) is 3.25. The van der Waals surface area contributed by atoms with Crippen LogP contribution < -0.4 is 11.1 Å². The molecular formula is C6H13ClN2O2. The lowest BCUT2D eigenvalue weighted by molar-refractivity contribution is 0.0636. The minimum absolute atomic E-state index is 0. The number of halogens is 1. The second-order valence-corrected chi connectivity index (χ2v) is 3.02. The topological polar surface area (TPSA) is 64.3 Å². The van der Waals surface area contributed by atoms with E-state index in [2.05, 4.69) is 10.1 Å². The summed E-state index contributed by atoms with van der Waals surface area (Å²) in [5.41, 5.74) is 4.92. The Hall–Kier alpha value is -0.480. The summed E-state index contributed by atoms with van der Waals surface area (Å²) < 4.78 is 4.65. The molecule has 0 atom stereocenters. The Morgan fingerprint density at radius 3 is 2.55 bits per heavy atom. The van der Waals surface area contributed by atoms with Crippen LogP contribution in [0.5, 0.6) is 0 Å². The summed E-state index contributed by atoms with van der Waals surface area (Å²) in [7, 11) is 0. The van der Waals surface area contributed by atoms with E-state index in [-0.39, 0.29) is 17.8 Å². The second kappa shape index (κ2) is 3.78. The third kappa shape index (κ3) is 2.95. The van der Waals surface area contributed by atoms with E-state index in [1.807, 2.05) is 6.92 Å². The normalized spacial score (nSPS) is 19.4. The molecule has 0 saturated carbocycles. The first-order chi connectivity index (χ1) is 4.62. The van der Waals surface area contributed by atoms with Gasteiger partial charge in [-0.3, -0.25) is 0 Å². The molecule has 66 valence electrons. The molecule has 1 amide bonds. The summed E-state index contributed by atoms with van der Waals surface area (Å²) in [5, 5.41) is 3.09. The molecule has 5 heteroatoms. The van der Waals surface area contributed by atoms with E-state index in [0.29, 0.717) is 6.61 Å². The highest BCUT2D eigenvalue weighted by Crippen LogP contribution is 2.20. The maximum atomic E-state index is 10.2. The third-order valence-corrected chi connectivity index (χ3v) is 1.67. The van der Waals surface area contributed by atoms with Gasteiger partial charge < -0.3 is 15.8 Å². The number of hydrogen-bond donors (Lipinski definition) is 2. The van der Waals surface area contributed by atoms with Crippen molar-refractivity contribution in [3.63, 3.8) is 0 Å². The zero-order valence-electron chi connectivity index (χ0n) is 6.42. The zero-order chi connectivity index (χ0) is 7.61. The molecule has 1 aliphatic heterocycles. The molecule has 1 aliphatic rings. The molecule has 0 unspecified atom stereocenters. The molecule has 0 aromatic rings. The number of amides is 1. The Kier molecular flexibility index (Phi) is 3.62. The summed E-state index contributed by atoms with van der Waals surface area (Å²) in [6, 6.07) is 0. The highest BCUT2D eigenvalue weighted by Gasteiger charge is 2.32. The van der Waals surface area contributed by atoms with Crippen molar-refractivity contribution in [2.24, 2.45) is 11.1 Å². The molecule has 11 heavy (non-hydrogen) atoms. The smallest absolute Gasteiger partial charge is 0.404 e. The van der Waals surface area contributed by atoms with Crippen molar-refractivity contribution in [1.29, 1.82) is 0 Å². The predicted octanol–water partition coefficient (Wildman–Crippen LogP) is 0.113. The summed E-state index contributed by atoms with van der Waals surface area (Å²) in [5.74, 6) is 0. The molecule has 0 aromatic heterocycles. The fourth-order valence-electron chi connectivity index (χ4n) is 0.899. The van der Waals surface area contributed by atoms with Crippen LogP contribution in [0.1, 0.15) is 6.92 Å². The molecule has 0 radical (unpaired) electrons. The number of primary amides is 1. The van der Waals surface area contributed by atoms with Gasteiger partial charge >= 0.3 is 6.09 Å². The predicted molar refractivity (Wildman–Crippen MR) is 43.8 cm³/mol. The Morgan fingerprint density at radius 2 is 2.27 bits per heavy atom. The lowest BCUT2D eigenvalue weighted by atomic mass is 9.85. The molecule has 3 N–H and O–H groups in total. The van der Waals surface area contributed by atoms with Gasteiger partial charge in [0.2, 0.25) is 0 Å². The third-order valence-electron chi connectivity index (χ3n) is 1.67. The molecule has 1 rings (SSSR count). The zero-order valence-corrected chi connectivity index (χ0v) is 7.24. The fourth-order valence-corrected chi connectivity index (χ4v) is 0.899. The summed E-state index contributed by atoms with van der Waals surface area (Å²) >= 11 is 0. The summed E-state index contributed by atoms with van der Waals surface area (Å²) in [6.07, 6.45) is -0.687. The minimum atomic E-state index is -0.687. The van der Waals surface area contributed by atoms with Crippen molar-refractivity contribution in [3.05, 3.63) is 0 Å². The van der Waals surface area contributed by atoms with Crippen LogP contribution in [-0.4, -0.2) is 25.8 Å². The van der Waals surface area contributed by atoms with Gasteiger partial charge in [0.15, 0.2) is 0 Å². The molecule has 0 bridgehead atoms. The van der Waals surface area contributed by atoms with Gasteiger partial charge in [0.1, 0.15) is 6.61 Å². The molecule has 1 saturated heterocycles. The quantitative estimate of drug-likeness (QED) is 0.634. The maximum absolute atomic E-state index is 10.2. The van der Waals surface area contributed by atoms with E-state index in [4.69, 9.17) is 5.73 Å². The van der Waals surface area contributed by atoms with Gasteiger partial charge in [0.05, 0.1) is 0 Å². The molecular weight excluding hydrogens is 168 g/mol. The minimum Gasteiger partial charge on any atom is -0.449 e. The Morgan fingerprint density at radius 1 is 1.73 bits per heavy atom. The summed E-state index contributed by atoms with van der Waals surface area (Å²) in [4.78, 5) is 10.2. The van der Waals surface area contributed by atoms with Crippen LogP contribution >= 0.6 is 12.4 Å². The van der Waals surface area contributed by atoms with Gasteiger partial charge in [-0.05, 0) is 0 Å². The first kappa shape index (κ1) is 10.5. The van der Waals surface area contributed by atoms with Crippen LogP contribution in [0.2, 0.25) is 0 Å². The van der Waals surface area contributed by atoms with Crippen molar-refractivity contribution < 1.29 is 9.53 Å². The molecule has 1 fully saturated rings. The Balaban J connectivity index is 0.000001000. The average Bonchev–Trinajstić information content (AvgIpc) is 1.79. The number of nitrogens with one attached hydrogen (secondary N) is 1. The van der Waals surface area contributed by atoms with Crippen LogP contribution in [0.3, 0.4) is 0 Å². The number of hydrogen-bond acceptors (Lipinski definition) is 3. The van der Waals surface area contributed by atoms with Crippen molar-refractivity contribution >= 4 is 18.5 Å². The van der Waals surface area contributed by atoms with Gasteiger partial charge in [-0.1, -0.05) is 6.92 Å². The molecule has 0 spiro atoms. The molecule has 1 heterocycles. The Labute approximate surface area is 71.9 Å². The number of nitrogens with two attached hydrogens (primary N) is 1. The molecule has 0 aromatic carbocycles. The van der Waals surface area contributed by atoms with Gasteiger partial charge in [0, 0.05) is 18.5 Å². The van der Waals surface area contributed by atoms with Crippen LogP contribution in [0, 0.1) is 5.41 Å². The van der Waals surface area contributed by atoms with Crippen LogP contribution in [0.25, 0.3) is 0 Å². The van der Waals surface area contributed by atoms with Crippen LogP contribution in [-0.2, 0) is 4.74 Å². The number of carbonyl (C=O) groups excluding carboxylic acids is 1. The molecule has 0 aliphatic carbocycles. The monoisotopic (exact) mass is 180 g/mol. The van der Waals surface area contributed by atoms with Gasteiger partial charge in [-0.25, -0.2) is 4.79 Å².